The smallest absolute Gasteiger partial charge is 0.229 e. The van der Waals surface area contributed by atoms with E-state index in [4.69, 9.17) is 21.7 Å². The Morgan fingerprint density at radius 1 is 0.974 bits per heavy atom. The van der Waals surface area contributed by atoms with Crippen LogP contribution in [0.1, 0.15) is 29.2 Å². The summed E-state index contributed by atoms with van der Waals surface area (Å²) in [7, 11) is -0.412. The lowest BCUT2D eigenvalue weighted by atomic mass is 10.0. The summed E-state index contributed by atoms with van der Waals surface area (Å²) < 4.78 is 39.7. The Kier molecular flexibility index (Phi) is 7.19. The largest absolute Gasteiger partial charge is 0.497 e. The topological polar surface area (TPSA) is 97.7 Å². The third-order valence-corrected chi connectivity index (χ3v) is 7.50. The van der Waals surface area contributed by atoms with Gasteiger partial charge in [0, 0.05) is 29.0 Å². The highest BCUT2D eigenvalue weighted by atomic mass is 32.2. The predicted molar refractivity (Wildman–Crippen MR) is 156 cm³/mol. The quantitative estimate of drug-likeness (QED) is 0.297. The Balaban J connectivity index is 1.68. The number of hydrogen-bond donors (Lipinski definition) is 2. The molecule has 0 saturated carbocycles. The number of sulfonamides is 1. The van der Waals surface area contributed by atoms with Crippen molar-refractivity contribution in [3.63, 3.8) is 0 Å². The van der Waals surface area contributed by atoms with Crippen molar-refractivity contribution >= 4 is 38.7 Å². The van der Waals surface area contributed by atoms with E-state index >= 15 is 0 Å². The van der Waals surface area contributed by atoms with Crippen LogP contribution in [0.3, 0.4) is 0 Å². The second-order valence-corrected chi connectivity index (χ2v) is 11.3. The van der Waals surface area contributed by atoms with Gasteiger partial charge < -0.3 is 24.3 Å². The molecule has 1 aliphatic rings. The Labute approximate surface area is 233 Å². The second-order valence-electron chi connectivity index (χ2n) is 9.19. The van der Waals surface area contributed by atoms with Crippen LogP contribution in [0.4, 0.5) is 11.4 Å². The van der Waals surface area contributed by atoms with Gasteiger partial charge >= 0.3 is 0 Å². The van der Waals surface area contributed by atoms with Crippen LogP contribution in [0, 0.1) is 6.92 Å². The summed E-state index contributed by atoms with van der Waals surface area (Å²) in [5.41, 5.74) is 4.84. The van der Waals surface area contributed by atoms with E-state index in [1.54, 1.807) is 25.4 Å². The number of ether oxygens (including phenoxy) is 2. The molecule has 2 atom stereocenters. The average Bonchev–Trinajstić information content (AvgIpc) is 3.47. The van der Waals surface area contributed by atoms with E-state index in [0.29, 0.717) is 22.2 Å². The van der Waals surface area contributed by atoms with E-state index in [0.717, 1.165) is 34.8 Å². The molecule has 0 aliphatic carbocycles. The first kappa shape index (κ1) is 26.5. The number of thiocarbonyl (C=S) groups is 1. The van der Waals surface area contributed by atoms with Crippen molar-refractivity contribution in [2.75, 3.05) is 30.1 Å². The average molecular weight is 564 g/mol. The van der Waals surface area contributed by atoms with Crippen LogP contribution in [-0.2, 0) is 10.0 Å². The predicted octanol–water partition coefficient (Wildman–Crippen LogP) is 4.75. The molecule has 3 heterocycles. The standard InChI is InChI=1S/C28H29N5O4S2/c1-18-8-14-24(32(18)19-9-12-21(36-2)13-10-19)27-26(22-7-5-6-16-29-22)30-28(38)33(27)20-11-15-25(37-3)23(17-20)31-39(4,34)35/h5-17,26-27,31H,1-4H3,(H,30,38)/t26-,27-/m0/s1. The summed E-state index contributed by atoms with van der Waals surface area (Å²) in [6, 6.07) is 22.5. The molecule has 2 aromatic carbocycles. The van der Waals surface area contributed by atoms with Gasteiger partial charge in [0.05, 0.1) is 37.9 Å². The number of anilines is 2. The second kappa shape index (κ2) is 10.6. The maximum Gasteiger partial charge on any atom is 0.229 e. The first-order valence-corrected chi connectivity index (χ1v) is 14.5. The van der Waals surface area contributed by atoms with Gasteiger partial charge in [0.25, 0.3) is 0 Å². The van der Waals surface area contributed by atoms with E-state index < -0.39 is 10.0 Å². The summed E-state index contributed by atoms with van der Waals surface area (Å²) in [4.78, 5) is 6.63. The fraction of sp³-hybridized carbons (Fsp3) is 0.214. The van der Waals surface area contributed by atoms with Gasteiger partial charge in [-0.3, -0.25) is 9.71 Å². The number of nitrogens with one attached hydrogen (secondary N) is 2. The van der Waals surface area contributed by atoms with Gasteiger partial charge in [0.2, 0.25) is 10.0 Å². The van der Waals surface area contributed by atoms with Crippen LogP contribution >= 0.6 is 12.2 Å². The number of aromatic nitrogens is 2. The number of pyridine rings is 1. The maximum atomic E-state index is 12.1. The van der Waals surface area contributed by atoms with Crippen molar-refractivity contribution in [3.05, 3.63) is 96.1 Å². The van der Waals surface area contributed by atoms with Crippen molar-refractivity contribution in [2.24, 2.45) is 0 Å². The van der Waals surface area contributed by atoms with Crippen molar-refractivity contribution in [3.8, 4) is 17.2 Å². The van der Waals surface area contributed by atoms with Gasteiger partial charge in [-0.2, -0.15) is 0 Å². The lowest BCUT2D eigenvalue weighted by Crippen LogP contribution is -2.30. The molecule has 0 radical (unpaired) electrons. The highest BCUT2D eigenvalue weighted by molar-refractivity contribution is 7.92. The Hall–Kier alpha value is -4.09. The number of rotatable bonds is 8. The minimum absolute atomic E-state index is 0.279. The van der Waals surface area contributed by atoms with Gasteiger partial charge in [-0.15, -0.1) is 0 Å². The Morgan fingerprint density at radius 2 is 1.72 bits per heavy atom. The molecular formula is C28H29N5O4S2. The van der Waals surface area contributed by atoms with E-state index in [1.165, 1.54) is 7.11 Å². The molecule has 0 amide bonds. The van der Waals surface area contributed by atoms with Crippen LogP contribution in [0.5, 0.6) is 11.5 Å². The van der Waals surface area contributed by atoms with E-state index in [1.807, 2.05) is 53.4 Å². The van der Waals surface area contributed by atoms with Crippen LogP contribution in [0.25, 0.3) is 5.69 Å². The number of benzene rings is 2. The Morgan fingerprint density at radius 3 is 2.36 bits per heavy atom. The first-order valence-electron chi connectivity index (χ1n) is 12.2. The van der Waals surface area contributed by atoms with Gasteiger partial charge in [0.15, 0.2) is 5.11 Å². The summed E-state index contributed by atoms with van der Waals surface area (Å²) in [5.74, 6) is 1.17. The van der Waals surface area contributed by atoms with Gasteiger partial charge in [-0.1, -0.05) is 6.07 Å². The fourth-order valence-corrected chi connectivity index (χ4v) is 5.84. The molecule has 4 aromatic rings. The Bertz CT molecular complexity index is 1600. The molecule has 1 fully saturated rings. The summed E-state index contributed by atoms with van der Waals surface area (Å²) >= 11 is 5.88. The van der Waals surface area contributed by atoms with Crippen molar-refractivity contribution in [2.45, 2.75) is 19.0 Å². The van der Waals surface area contributed by atoms with Crippen molar-refractivity contribution < 1.29 is 17.9 Å². The molecular weight excluding hydrogens is 534 g/mol. The van der Waals surface area contributed by atoms with E-state index in [2.05, 4.69) is 38.6 Å². The molecule has 9 nitrogen and oxygen atoms in total. The highest BCUT2D eigenvalue weighted by Gasteiger charge is 2.42. The zero-order chi connectivity index (χ0) is 27.7. The molecule has 202 valence electrons. The lowest BCUT2D eigenvalue weighted by Gasteiger charge is -2.30. The first-order chi connectivity index (χ1) is 18.7. The normalized spacial score (nSPS) is 17.1. The molecule has 2 N–H and O–H groups in total. The van der Waals surface area contributed by atoms with Gasteiger partial charge in [-0.05, 0) is 85.9 Å². The van der Waals surface area contributed by atoms with Crippen LogP contribution in [0.2, 0.25) is 0 Å². The molecule has 39 heavy (non-hydrogen) atoms. The molecule has 0 unspecified atom stereocenters. The monoisotopic (exact) mass is 563 g/mol. The van der Waals surface area contributed by atoms with Crippen LogP contribution in [-0.4, -0.2) is 43.6 Å². The summed E-state index contributed by atoms with van der Waals surface area (Å²) in [6.07, 6.45) is 2.86. The van der Waals surface area contributed by atoms with Crippen molar-refractivity contribution in [1.82, 2.24) is 14.9 Å². The highest BCUT2D eigenvalue weighted by Crippen LogP contribution is 2.44. The number of hydrogen-bond acceptors (Lipinski definition) is 6. The minimum Gasteiger partial charge on any atom is -0.497 e. The summed E-state index contributed by atoms with van der Waals surface area (Å²) in [5, 5.41) is 3.95. The number of aryl methyl sites for hydroxylation is 1. The third-order valence-electron chi connectivity index (χ3n) is 6.59. The third kappa shape index (κ3) is 5.27. The maximum absolute atomic E-state index is 12.1. The van der Waals surface area contributed by atoms with Gasteiger partial charge in [-0.25, -0.2) is 8.42 Å². The molecule has 1 aliphatic heterocycles. The summed E-state index contributed by atoms with van der Waals surface area (Å²) in [6.45, 7) is 2.05. The number of nitrogens with zero attached hydrogens (tertiary/aromatic N) is 3. The molecule has 1 saturated heterocycles. The van der Waals surface area contributed by atoms with Crippen LogP contribution < -0.4 is 24.4 Å². The van der Waals surface area contributed by atoms with Crippen molar-refractivity contribution in [1.29, 1.82) is 0 Å². The molecule has 11 heteroatoms. The zero-order valence-electron chi connectivity index (χ0n) is 22.0. The molecule has 5 rings (SSSR count). The van der Waals surface area contributed by atoms with Crippen LogP contribution in [0.15, 0.2) is 79.0 Å². The lowest BCUT2D eigenvalue weighted by molar-refractivity contribution is 0.414. The zero-order valence-corrected chi connectivity index (χ0v) is 23.6. The molecule has 0 spiro atoms. The molecule has 0 bridgehead atoms. The van der Waals surface area contributed by atoms with Gasteiger partial charge in [0.1, 0.15) is 17.5 Å². The van der Waals surface area contributed by atoms with E-state index in [9.17, 15) is 8.42 Å². The minimum atomic E-state index is -3.55. The SMILES string of the molecule is COc1ccc(-n2c(C)ccc2[C@H]2[C@H](c3ccccn3)NC(=S)N2c2ccc(OC)c(NS(C)(=O)=O)c2)cc1. The van der Waals surface area contributed by atoms with E-state index in [-0.39, 0.29) is 12.1 Å². The number of methoxy groups -OCH3 is 2. The fourth-order valence-electron chi connectivity index (χ4n) is 4.93. The molecule has 2 aromatic heterocycles.